The number of ether oxygens (including phenoxy) is 2. The number of hydrogen-bond donors (Lipinski definition) is 0. The van der Waals surface area contributed by atoms with Gasteiger partial charge in [0.2, 0.25) is 5.91 Å². The Bertz CT molecular complexity index is 737. The summed E-state index contributed by atoms with van der Waals surface area (Å²) in [6, 6.07) is 0. The van der Waals surface area contributed by atoms with E-state index in [-0.39, 0.29) is 31.1 Å². The summed E-state index contributed by atoms with van der Waals surface area (Å²) in [5, 5.41) is 0. The second kappa shape index (κ2) is 34.5. The Labute approximate surface area is 287 Å². The first-order chi connectivity index (χ1) is 22.4. The Balaban J connectivity index is 4.21. The van der Waals surface area contributed by atoms with Gasteiger partial charge in [-0.05, 0) is 65.5 Å². The highest BCUT2D eigenvalue weighted by atomic mass is 32.2. The van der Waals surface area contributed by atoms with Crippen LogP contribution in [0.2, 0.25) is 0 Å². The number of rotatable bonds is 33. The highest BCUT2D eigenvalue weighted by Crippen LogP contribution is 2.11. The molecule has 0 spiro atoms. The normalized spacial score (nSPS) is 11.6. The quantitative estimate of drug-likeness (QED) is 0.0393. The predicted octanol–water partition coefficient (Wildman–Crippen LogP) is 9.15. The molecule has 0 bridgehead atoms. The molecule has 0 atom stereocenters. The lowest BCUT2D eigenvalue weighted by Crippen LogP contribution is -2.38. The standard InChI is InChI=1S/C38H70N2O5S/c1-5-7-9-11-13-15-17-19-21-23-25-27-37(42)44-32-29-40(36(41)35-46-34-31-39(3)4)30-33-45-38(43)28-26-24-22-20-18-16-14-12-10-8-6-2/h11-14H,5-10,15-35H2,1-4H3/b13-11-,14-12-. The molecule has 8 heteroatoms. The van der Waals surface area contributed by atoms with Crippen LogP contribution >= 0.6 is 11.8 Å². The van der Waals surface area contributed by atoms with Crippen molar-refractivity contribution in [1.29, 1.82) is 0 Å². The van der Waals surface area contributed by atoms with Crippen molar-refractivity contribution in [3.8, 4) is 0 Å². The van der Waals surface area contributed by atoms with E-state index in [9.17, 15) is 14.4 Å². The van der Waals surface area contributed by atoms with Crippen molar-refractivity contribution < 1.29 is 23.9 Å². The fraction of sp³-hybridized carbons (Fsp3) is 0.816. The molecular formula is C38H70N2O5S. The smallest absolute Gasteiger partial charge is 0.305 e. The molecule has 1 amide bonds. The fourth-order valence-electron chi connectivity index (χ4n) is 4.78. The van der Waals surface area contributed by atoms with Gasteiger partial charge in [-0.25, -0.2) is 0 Å². The minimum atomic E-state index is -0.207. The zero-order valence-electron chi connectivity index (χ0n) is 30.2. The number of carbonyl (C=O) groups excluding carboxylic acids is 3. The van der Waals surface area contributed by atoms with Gasteiger partial charge in [-0.15, -0.1) is 0 Å². The van der Waals surface area contributed by atoms with E-state index in [0.717, 1.165) is 63.7 Å². The number of amides is 1. The zero-order chi connectivity index (χ0) is 33.9. The van der Waals surface area contributed by atoms with Crippen molar-refractivity contribution in [2.24, 2.45) is 0 Å². The molecule has 0 radical (unpaired) electrons. The summed E-state index contributed by atoms with van der Waals surface area (Å²) < 4.78 is 10.9. The van der Waals surface area contributed by atoms with Crippen molar-refractivity contribution in [1.82, 2.24) is 9.80 Å². The lowest BCUT2D eigenvalue weighted by molar-refractivity contribution is -0.147. The van der Waals surface area contributed by atoms with Crippen molar-refractivity contribution in [2.45, 2.75) is 142 Å². The van der Waals surface area contributed by atoms with Gasteiger partial charge in [0.25, 0.3) is 0 Å². The van der Waals surface area contributed by atoms with Gasteiger partial charge in [0, 0.05) is 25.1 Å². The Kier molecular flexibility index (Phi) is 33.2. The van der Waals surface area contributed by atoms with E-state index >= 15 is 0 Å². The van der Waals surface area contributed by atoms with Crippen molar-refractivity contribution in [3.63, 3.8) is 0 Å². The summed E-state index contributed by atoms with van der Waals surface area (Å²) in [6.07, 6.45) is 30.5. The maximum absolute atomic E-state index is 12.9. The summed E-state index contributed by atoms with van der Waals surface area (Å²) in [5.74, 6) is 0.792. The van der Waals surface area contributed by atoms with Crippen LogP contribution in [0.25, 0.3) is 0 Å². The molecule has 46 heavy (non-hydrogen) atoms. The molecule has 0 aliphatic heterocycles. The lowest BCUT2D eigenvalue weighted by atomic mass is 10.1. The zero-order valence-corrected chi connectivity index (χ0v) is 31.1. The van der Waals surface area contributed by atoms with E-state index < -0.39 is 0 Å². The van der Waals surface area contributed by atoms with Crippen LogP contribution in [0.15, 0.2) is 24.3 Å². The van der Waals surface area contributed by atoms with Crippen molar-refractivity contribution in [2.75, 3.05) is 58.4 Å². The topological polar surface area (TPSA) is 76.1 Å². The van der Waals surface area contributed by atoms with E-state index in [1.165, 1.54) is 64.2 Å². The molecule has 0 N–H and O–H groups in total. The van der Waals surface area contributed by atoms with Crippen LogP contribution in [0.1, 0.15) is 142 Å². The Hall–Kier alpha value is -1.80. The summed E-state index contributed by atoms with van der Waals surface area (Å²) in [7, 11) is 4.03. The van der Waals surface area contributed by atoms with Gasteiger partial charge in [-0.3, -0.25) is 14.4 Å². The first kappa shape index (κ1) is 44.2. The summed E-state index contributed by atoms with van der Waals surface area (Å²) in [5.41, 5.74) is 0. The maximum atomic E-state index is 12.9. The Morgan fingerprint density at radius 3 is 1.41 bits per heavy atom. The van der Waals surface area contributed by atoms with E-state index in [4.69, 9.17) is 9.47 Å². The van der Waals surface area contributed by atoms with Gasteiger partial charge in [0.15, 0.2) is 0 Å². The summed E-state index contributed by atoms with van der Waals surface area (Å²) in [4.78, 5) is 41.2. The van der Waals surface area contributed by atoms with E-state index in [1.54, 1.807) is 16.7 Å². The number of allylic oxidation sites excluding steroid dienone is 4. The number of thioether (sulfide) groups is 1. The minimum absolute atomic E-state index is 0.0173. The Morgan fingerprint density at radius 1 is 0.565 bits per heavy atom. The Morgan fingerprint density at radius 2 is 0.978 bits per heavy atom. The molecule has 0 saturated heterocycles. The lowest BCUT2D eigenvalue weighted by Gasteiger charge is -2.22. The molecule has 0 fully saturated rings. The van der Waals surface area contributed by atoms with Gasteiger partial charge in [-0.1, -0.05) is 102 Å². The molecule has 0 heterocycles. The monoisotopic (exact) mass is 667 g/mol. The third-order valence-corrected chi connectivity index (χ3v) is 8.72. The summed E-state index contributed by atoms with van der Waals surface area (Å²) >= 11 is 1.59. The van der Waals surface area contributed by atoms with Crippen LogP contribution in [0.4, 0.5) is 0 Å². The second-order valence-electron chi connectivity index (χ2n) is 12.5. The highest BCUT2D eigenvalue weighted by molar-refractivity contribution is 7.99. The third kappa shape index (κ3) is 32.2. The molecule has 0 saturated carbocycles. The maximum Gasteiger partial charge on any atom is 0.305 e. The number of nitrogens with zero attached hydrogens (tertiary/aromatic N) is 2. The van der Waals surface area contributed by atoms with Crippen LogP contribution in [0.5, 0.6) is 0 Å². The van der Waals surface area contributed by atoms with E-state index in [2.05, 4.69) is 43.1 Å². The molecule has 7 nitrogen and oxygen atoms in total. The van der Waals surface area contributed by atoms with Gasteiger partial charge in [0.1, 0.15) is 13.2 Å². The van der Waals surface area contributed by atoms with Gasteiger partial charge >= 0.3 is 11.9 Å². The predicted molar refractivity (Wildman–Crippen MR) is 196 cm³/mol. The molecule has 0 rings (SSSR count). The van der Waals surface area contributed by atoms with Crippen LogP contribution in [0.3, 0.4) is 0 Å². The van der Waals surface area contributed by atoms with Crippen LogP contribution in [-0.2, 0) is 23.9 Å². The molecule has 0 unspecified atom stereocenters. The van der Waals surface area contributed by atoms with E-state index in [0.29, 0.717) is 31.7 Å². The molecule has 268 valence electrons. The van der Waals surface area contributed by atoms with Crippen LogP contribution in [-0.4, -0.2) is 86.1 Å². The number of esters is 2. The molecule has 0 aliphatic carbocycles. The first-order valence-corrected chi connectivity index (χ1v) is 19.7. The van der Waals surface area contributed by atoms with Gasteiger partial charge in [0.05, 0.1) is 18.8 Å². The molecule has 0 aromatic carbocycles. The molecule has 0 aliphatic rings. The fourth-order valence-corrected chi connectivity index (χ4v) is 5.78. The molecule has 0 aromatic heterocycles. The first-order valence-electron chi connectivity index (χ1n) is 18.5. The van der Waals surface area contributed by atoms with E-state index in [1.807, 2.05) is 14.1 Å². The van der Waals surface area contributed by atoms with Crippen LogP contribution in [0, 0.1) is 0 Å². The number of unbranched alkanes of at least 4 members (excludes halogenated alkanes) is 14. The average Bonchev–Trinajstić information content (AvgIpc) is 3.03. The van der Waals surface area contributed by atoms with Crippen molar-refractivity contribution >= 4 is 29.6 Å². The average molecular weight is 667 g/mol. The van der Waals surface area contributed by atoms with Crippen LogP contribution < -0.4 is 0 Å². The van der Waals surface area contributed by atoms with Gasteiger partial charge in [-0.2, -0.15) is 11.8 Å². The molecule has 0 aromatic rings. The number of carbonyl (C=O) groups is 3. The minimum Gasteiger partial charge on any atom is -0.464 e. The van der Waals surface area contributed by atoms with Crippen molar-refractivity contribution in [3.05, 3.63) is 24.3 Å². The molecular weight excluding hydrogens is 596 g/mol. The second-order valence-corrected chi connectivity index (χ2v) is 13.6. The largest absolute Gasteiger partial charge is 0.464 e. The summed E-state index contributed by atoms with van der Waals surface area (Å²) in [6.45, 7) is 6.30. The van der Waals surface area contributed by atoms with Gasteiger partial charge < -0.3 is 19.3 Å². The third-order valence-electron chi connectivity index (χ3n) is 7.79. The highest BCUT2D eigenvalue weighted by Gasteiger charge is 2.15. The number of hydrogen-bond acceptors (Lipinski definition) is 7. The SMILES string of the molecule is CCCC/C=C\CCCCCCCC(=O)OCCN(CCOC(=O)CCCCCCC/C=C\CCCC)C(=O)CSCCN(C)C.